The Morgan fingerprint density at radius 1 is 1.24 bits per heavy atom. The number of furan rings is 1. The Morgan fingerprint density at radius 3 is 2.79 bits per heavy atom. The van der Waals surface area contributed by atoms with E-state index in [4.69, 9.17) is 10.2 Å². The molecule has 1 atom stereocenters. The third kappa shape index (κ3) is 4.33. The van der Waals surface area contributed by atoms with Crippen LogP contribution in [0.15, 0.2) is 28.0 Å². The lowest BCUT2D eigenvalue weighted by Crippen LogP contribution is -2.25. The van der Waals surface area contributed by atoms with Crippen molar-refractivity contribution in [2.75, 3.05) is 5.32 Å². The fraction of sp³-hybridized carbons (Fsp3) is 0.478. The van der Waals surface area contributed by atoms with E-state index in [9.17, 15) is 9.59 Å². The van der Waals surface area contributed by atoms with Gasteiger partial charge in [-0.1, -0.05) is 31.0 Å². The first kappa shape index (κ1) is 22.2. The Bertz CT molecular complexity index is 1160. The lowest BCUT2D eigenvalue weighted by molar-refractivity contribution is -0.115. The number of aryl methyl sites for hydroxylation is 1. The molecule has 0 aromatic carbocycles. The summed E-state index contributed by atoms with van der Waals surface area (Å²) in [4.78, 5) is 26.3. The van der Waals surface area contributed by atoms with Gasteiger partial charge in [-0.25, -0.2) is 0 Å². The molecule has 2 aliphatic carbocycles. The predicted octanol–water partition coefficient (Wildman–Crippen LogP) is 4.81. The van der Waals surface area contributed by atoms with Crippen molar-refractivity contribution < 1.29 is 14.0 Å². The number of nitrogens with two attached hydrogens (primary N) is 1. The van der Waals surface area contributed by atoms with E-state index in [2.05, 4.69) is 20.1 Å². The quantitative estimate of drug-likeness (QED) is 0.464. The van der Waals surface area contributed by atoms with Crippen LogP contribution in [0.2, 0.25) is 0 Å². The summed E-state index contributed by atoms with van der Waals surface area (Å²) in [6.07, 6.45) is 10.1. The highest BCUT2D eigenvalue weighted by molar-refractivity contribution is 8.00. The molecular weight excluding hydrogens is 458 g/mol. The first-order chi connectivity index (χ1) is 16.0. The van der Waals surface area contributed by atoms with Crippen molar-refractivity contribution in [2.45, 2.75) is 74.7 Å². The van der Waals surface area contributed by atoms with Gasteiger partial charge in [-0.05, 0) is 56.7 Å². The van der Waals surface area contributed by atoms with Gasteiger partial charge in [0.05, 0.1) is 17.1 Å². The smallest absolute Gasteiger partial charge is 0.251 e. The summed E-state index contributed by atoms with van der Waals surface area (Å²) >= 11 is 2.85. The van der Waals surface area contributed by atoms with Crippen molar-refractivity contribution >= 4 is 39.9 Å². The topological polar surface area (TPSA) is 116 Å². The number of anilines is 1. The van der Waals surface area contributed by atoms with E-state index in [0.717, 1.165) is 42.5 Å². The Kier molecular flexibility index (Phi) is 6.29. The van der Waals surface area contributed by atoms with E-state index in [-0.39, 0.29) is 11.9 Å². The number of nitrogens with one attached hydrogen (secondary N) is 1. The number of hydrogen-bond acceptors (Lipinski definition) is 7. The molecule has 0 unspecified atom stereocenters. The van der Waals surface area contributed by atoms with Gasteiger partial charge in [-0.2, -0.15) is 0 Å². The van der Waals surface area contributed by atoms with Crippen molar-refractivity contribution in [3.8, 4) is 11.6 Å². The van der Waals surface area contributed by atoms with Crippen LogP contribution in [0, 0.1) is 0 Å². The molecule has 3 N–H and O–H groups in total. The van der Waals surface area contributed by atoms with Crippen molar-refractivity contribution in [3.63, 3.8) is 0 Å². The molecule has 2 aliphatic rings. The summed E-state index contributed by atoms with van der Waals surface area (Å²) < 4.78 is 7.75. The summed E-state index contributed by atoms with van der Waals surface area (Å²) in [6.45, 7) is 1.84. The van der Waals surface area contributed by atoms with Gasteiger partial charge >= 0.3 is 0 Å². The minimum atomic E-state index is -0.481. The lowest BCUT2D eigenvalue weighted by Gasteiger charge is -2.25. The molecule has 33 heavy (non-hydrogen) atoms. The van der Waals surface area contributed by atoms with E-state index >= 15 is 0 Å². The number of carbonyl (C=O) groups is 2. The normalized spacial score (nSPS) is 17.1. The average Bonchev–Trinajstić information content (AvgIpc) is 3.58. The van der Waals surface area contributed by atoms with Gasteiger partial charge in [0, 0.05) is 10.9 Å². The monoisotopic (exact) mass is 485 g/mol. The summed E-state index contributed by atoms with van der Waals surface area (Å²) in [5.41, 5.74) is 7.12. The Labute approximate surface area is 200 Å². The zero-order valence-corrected chi connectivity index (χ0v) is 20.1. The van der Waals surface area contributed by atoms with Crippen LogP contribution in [0.1, 0.15) is 72.3 Å². The molecule has 8 nitrogen and oxygen atoms in total. The number of thioether (sulfide) groups is 1. The van der Waals surface area contributed by atoms with E-state index < -0.39 is 11.2 Å². The number of nitrogens with zero attached hydrogens (tertiary/aromatic N) is 3. The number of aromatic nitrogens is 3. The van der Waals surface area contributed by atoms with Gasteiger partial charge in [0.2, 0.25) is 11.7 Å². The molecular formula is C23H27N5O3S2. The third-order valence-electron chi connectivity index (χ3n) is 6.40. The van der Waals surface area contributed by atoms with E-state index in [1.165, 1.54) is 42.4 Å². The number of hydrogen-bond donors (Lipinski definition) is 2. The molecule has 10 heteroatoms. The van der Waals surface area contributed by atoms with Crippen molar-refractivity contribution in [3.05, 3.63) is 34.4 Å². The molecule has 174 valence electrons. The summed E-state index contributed by atoms with van der Waals surface area (Å²) in [5.74, 6) is 0.717. The summed E-state index contributed by atoms with van der Waals surface area (Å²) in [6, 6.07) is 4.01. The molecule has 1 saturated carbocycles. The maximum Gasteiger partial charge on any atom is 0.251 e. The van der Waals surface area contributed by atoms with E-state index in [0.29, 0.717) is 27.3 Å². The van der Waals surface area contributed by atoms with Gasteiger partial charge in [0.15, 0.2) is 10.9 Å². The minimum absolute atomic E-state index is 0.180. The minimum Gasteiger partial charge on any atom is -0.461 e. The lowest BCUT2D eigenvalue weighted by atomic mass is 9.95. The number of fused-ring (bicyclic) bond motifs is 1. The number of thiophene rings is 1. The van der Waals surface area contributed by atoms with Gasteiger partial charge in [-0.15, -0.1) is 21.5 Å². The molecule has 2 amide bonds. The van der Waals surface area contributed by atoms with Gasteiger partial charge < -0.3 is 15.5 Å². The van der Waals surface area contributed by atoms with Crippen LogP contribution in [0.5, 0.6) is 0 Å². The zero-order valence-electron chi connectivity index (χ0n) is 18.5. The molecule has 0 saturated heterocycles. The second-order valence-electron chi connectivity index (χ2n) is 8.62. The standard InChI is InChI=1S/C23H27N5O3S2/c1-13(21(30)25-22-18(19(24)29)15-9-5-11-17(15)33-22)32-23-27-26-20(16-10-6-12-31-16)28(23)14-7-3-2-4-8-14/h6,10,12-14H,2-5,7-9,11H2,1H3,(H2,24,29)(H,25,30)/t13-/m1/s1. The Hall–Kier alpha value is -2.59. The molecule has 0 radical (unpaired) electrons. The molecule has 5 rings (SSSR count). The Balaban J connectivity index is 1.37. The second kappa shape index (κ2) is 9.34. The van der Waals surface area contributed by atoms with E-state index in [1.54, 1.807) is 6.26 Å². The molecule has 1 fully saturated rings. The molecule has 0 aliphatic heterocycles. The number of primary amides is 1. The molecule has 0 bridgehead atoms. The van der Waals surface area contributed by atoms with Crippen LogP contribution in [0.3, 0.4) is 0 Å². The second-order valence-corrected chi connectivity index (χ2v) is 11.0. The Morgan fingerprint density at radius 2 is 2.06 bits per heavy atom. The van der Waals surface area contributed by atoms with Gasteiger partial charge in [-0.3, -0.25) is 14.2 Å². The highest BCUT2D eigenvalue weighted by Gasteiger charge is 2.30. The highest BCUT2D eigenvalue weighted by atomic mass is 32.2. The van der Waals surface area contributed by atoms with Crippen molar-refractivity contribution in [2.24, 2.45) is 5.73 Å². The zero-order chi connectivity index (χ0) is 22.9. The third-order valence-corrected chi connectivity index (χ3v) is 8.67. The number of carbonyl (C=O) groups excluding carboxylic acids is 2. The van der Waals surface area contributed by atoms with Gasteiger partial charge in [0.25, 0.3) is 5.91 Å². The average molecular weight is 486 g/mol. The first-order valence-corrected chi connectivity index (χ1v) is 13.1. The van der Waals surface area contributed by atoms with E-state index in [1.807, 2.05) is 19.1 Å². The molecule has 0 spiro atoms. The van der Waals surface area contributed by atoms with Crippen LogP contribution in [-0.4, -0.2) is 31.8 Å². The van der Waals surface area contributed by atoms with Crippen molar-refractivity contribution in [1.82, 2.24) is 14.8 Å². The predicted molar refractivity (Wildman–Crippen MR) is 129 cm³/mol. The van der Waals surface area contributed by atoms with Crippen molar-refractivity contribution in [1.29, 1.82) is 0 Å². The maximum atomic E-state index is 13.1. The number of amides is 2. The largest absolute Gasteiger partial charge is 0.461 e. The molecule has 3 aromatic heterocycles. The van der Waals surface area contributed by atoms with Crippen LogP contribution in [-0.2, 0) is 17.6 Å². The molecule has 3 heterocycles. The van der Waals surface area contributed by atoms with Crippen LogP contribution >= 0.6 is 23.1 Å². The fourth-order valence-electron chi connectivity index (χ4n) is 4.78. The fourth-order valence-corrected chi connectivity index (χ4v) is 6.99. The number of rotatable bonds is 7. The SMILES string of the molecule is C[C@@H](Sc1nnc(-c2ccco2)n1C1CCCCC1)C(=O)Nc1sc2c(c1C(N)=O)CCC2. The summed E-state index contributed by atoms with van der Waals surface area (Å²) in [7, 11) is 0. The van der Waals surface area contributed by atoms with Crippen LogP contribution in [0.25, 0.3) is 11.6 Å². The van der Waals surface area contributed by atoms with Crippen LogP contribution in [0.4, 0.5) is 5.00 Å². The first-order valence-electron chi connectivity index (χ1n) is 11.4. The maximum absolute atomic E-state index is 13.1. The van der Waals surface area contributed by atoms with Crippen LogP contribution < -0.4 is 11.1 Å². The highest BCUT2D eigenvalue weighted by Crippen LogP contribution is 2.40. The molecule has 3 aromatic rings. The van der Waals surface area contributed by atoms with Gasteiger partial charge in [0.1, 0.15) is 5.00 Å². The summed E-state index contributed by atoms with van der Waals surface area (Å²) in [5, 5.41) is 12.6.